The Labute approximate surface area is 196 Å². The normalized spacial score (nSPS) is 17.5. The van der Waals surface area contributed by atoms with E-state index < -0.39 is 35.1 Å². The van der Waals surface area contributed by atoms with E-state index in [4.69, 9.17) is 21.1 Å². The Bertz CT molecular complexity index is 1290. The zero-order valence-electron chi connectivity index (χ0n) is 17.3. The molecule has 1 aromatic heterocycles. The Hall–Kier alpha value is -3.43. The number of rotatable bonds is 5. The molecule has 0 spiro atoms. The third kappa shape index (κ3) is 3.83. The predicted molar refractivity (Wildman–Crippen MR) is 120 cm³/mol. The minimum absolute atomic E-state index is 0.0332. The highest BCUT2D eigenvalue weighted by Gasteiger charge is 2.48. The lowest BCUT2D eigenvalue weighted by molar-refractivity contribution is -0.132. The molecule has 1 amide bonds. The van der Waals surface area contributed by atoms with Gasteiger partial charge in [-0.1, -0.05) is 17.7 Å². The zero-order valence-corrected chi connectivity index (χ0v) is 18.8. The van der Waals surface area contributed by atoms with E-state index in [0.29, 0.717) is 4.88 Å². The Morgan fingerprint density at radius 1 is 1.06 bits per heavy atom. The Morgan fingerprint density at radius 2 is 1.79 bits per heavy atom. The van der Waals surface area contributed by atoms with Crippen molar-refractivity contribution in [2.24, 2.45) is 0 Å². The van der Waals surface area contributed by atoms with Gasteiger partial charge >= 0.3 is 0 Å². The summed E-state index contributed by atoms with van der Waals surface area (Å²) in [5, 5.41) is 13.2. The number of methoxy groups -OCH3 is 2. The number of aliphatic hydroxyl groups excluding tert-OH is 1. The summed E-state index contributed by atoms with van der Waals surface area (Å²) >= 11 is 7.37. The number of amides is 1. The highest BCUT2D eigenvalue weighted by molar-refractivity contribution is 7.10. The van der Waals surface area contributed by atoms with Gasteiger partial charge in [-0.05, 0) is 29.6 Å². The van der Waals surface area contributed by atoms with Crippen molar-refractivity contribution in [1.29, 1.82) is 0 Å². The molecule has 10 heteroatoms. The van der Waals surface area contributed by atoms with Gasteiger partial charge in [0.15, 0.2) is 11.6 Å². The number of thiophene rings is 1. The van der Waals surface area contributed by atoms with Gasteiger partial charge in [0.25, 0.3) is 11.7 Å². The Balaban J connectivity index is 1.97. The summed E-state index contributed by atoms with van der Waals surface area (Å²) in [4.78, 5) is 27.7. The number of Topliss-reactive ketones (excluding diaryl/α,β-unsaturated/α-hetero) is 1. The number of ether oxygens (including phenoxy) is 2. The second-order valence-corrected chi connectivity index (χ2v) is 8.36. The first-order valence-corrected chi connectivity index (χ1v) is 10.8. The van der Waals surface area contributed by atoms with Crippen molar-refractivity contribution in [3.63, 3.8) is 0 Å². The highest BCUT2D eigenvalue weighted by Crippen LogP contribution is 2.45. The molecule has 170 valence electrons. The van der Waals surface area contributed by atoms with Gasteiger partial charge in [0.05, 0.1) is 30.4 Å². The van der Waals surface area contributed by atoms with Crippen molar-refractivity contribution in [3.05, 3.63) is 80.5 Å². The molecule has 33 heavy (non-hydrogen) atoms. The van der Waals surface area contributed by atoms with Crippen molar-refractivity contribution in [1.82, 2.24) is 0 Å². The molecular formula is C23H16ClF2NO5S. The lowest BCUT2D eigenvalue weighted by Gasteiger charge is -2.24. The maximum absolute atomic E-state index is 14.0. The monoisotopic (exact) mass is 491 g/mol. The fourth-order valence-corrected chi connectivity index (χ4v) is 4.69. The van der Waals surface area contributed by atoms with Crippen LogP contribution in [0.1, 0.15) is 16.5 Å². The van der Waals surface area contributed by atoms with Gasteiger partial charge in [0.2, 0.25) is 0 Å². The van der Waals surface area contributed by atoms with Gasteiger partial charge in [-0.15, -0.1) is 11.3 Å². The zero-order chi connectivity index (χ0) is 23.9. The molecule has 0 aliphatic carbocycles. The van der Waals surface area contributed by atoms with E-state index in [1.165, 1.54) is 43.8 Å². The van der Waals surface area contributed by atoms with E-state index >= 15 is 0 Å². The van der Waals surface area contributed by atoms with Gasteiger partial charge in [0.1, 0.15) is 23.3 Å². The number of hydrogen-bond acceptors (Lipinski definition) is 6. The van der Waals surface area contributed by atoms with Crippen LogP contribution in [0.4, 0.5) is 14.5 Å². The molecule has 1 aliphatic rings. The van der Waals surface area contributed by atoms with Crippen molar-refractivity contribution >= 4 is 46.1 Å². The third-order valence-electron chi connectivity index (χ3n) is 5.17. The average molecular weight is 492 g/mol. The largest absolute Gasteiger partial charge is 0.507 e. The molecule has 2 aromatic carbocycles. The topological polar surface area (TPSA) is 76.1 Å². The van der Waals surface area contributed by atoms with Crippen molar-refractivity contribution in [2.75, 3.05) is 19.1 Å². The molecule has 1 fully saturated rings. The SMILES string of the molecule is COc1cc(/C(O)=C2\C(=O)C(=O)N(c3ccc(F)c(F)c3)C2c2cccs2)c(OC)cc1Cl. The highest BCUT2D eigenvalue weighted by atomic mass is 35.5. The lowest BCUT2D eigenvalue weighted by atomic mass is 9.99. The lowest BCUT2D eigenvalue weighted by Crippen LogP contribution is -2.29. The minimum Gasteiger partial charge on any atom is -0.507 e. The molecule has 1 unspecified atom stereocenters. The van der Waals surface area contributed by atoms with Gasteiger partial charge in [-0.25, -0.2) is 8.78 Å². The maximum Gasteiger partial charge on any atom is 0.300 e. The number of anilines is 1. The van der Waals surface area contributed by atoms with E-state index in [2.05, 4.69) is 0 Å². The van der Waals surface area contributed by atoms with Crippen LogP contribution in [0.2, 0.25) is 5.02 Å². The molecule has 4 rings (SSSR count). The fraction of sp³-hybridized carbons (Fsp3) is 0.130. The Morgan fingerprint density at radius 3 is 2.39 bits per heavy atom. The molecule has 0 bridgehead atoms. The molecule has 1 N–H and O–H groups in total. The van der Waals surface area contributed by atoms with Gasteiger partial charge < -0.3 is 14.6 Å². The van der Waals surface area contributed by atoms with Crippen LogP contribution in [0.15, 0.2) is 53.4 Å². The number of carbonyl (C=O) groups excluding carboxylic acids is 2. The second kappa shape index (κ2) is 8.84. The molecular weight excluding hydrogens is 476 g/mol. The molecule has 3 aromatic rings. The number of carbonyl (C=O) groups is 2. The quantitative estimate of drug-likeness (QED) is 0.297. The number of aliphatic hydroxyl groups is 1. The number of benzene rings is 2. The van der Waals surface area contributed by atoms with Crippen LogP contribution in [-0.2, 0) is 9.59 Å². The van der Waals surface area contributed by atoms with Gasteiger partial charge in [-0.3, -0.25) is 14.5 Å². The van der Waals surface area contributed by atoms with Gasteiger partial charge in [-0.2, -0.15) is 0 Å². The molecule has 6 nitrogen and oxygen atoms in total. The van der Waals surface area contributed by atoms with Crippen LogP contribution < -0.4 is 14.4 Å². The Kier molecular flexibility index (Phi) is 6.09. The summed E-state index contributed by atoms with van der Waals surface area (Å²) in [7, 11) is 2.73. The number of nitrogens with zero attached hydrogens (tertiary/aromatic N) is 1. The van der Waals surface area contributed by atoms with Gasteiger partial charge in [0, 0.05) is 22.7 Å². The molecule has 1 atom stereocenters. The molecule has 1 saturated heterocycles. The van der Waals surface area contributed by atoms with Crippen LogP contribution >= 0.6 is 22.9 Å². The summed E-state index contributed by atoms with van der Waals surface area (Å²) in [5.41, 5.74) is -0.201. The van der Waals surface area contributed by atoms with Crippen molar-refractivity contribution in [2.45, 2.75) is 6.04 Å². The van der Waals surface area contributed by atoms with E-state index in [1.54, 1.807) is 17.5 Å². The molecule has 2 heterocycles. The average Bonchev–Trinajstić information content (AvgIpc) is 3.42. The van der Waals surface area contributed by atoms with Crippen LogP contribution in [0.3, 0.4) is 0 Å². The van der Waals surface area contributed by atoms with E-state index in [0.717, 1.165) is 17.0 Å². The summed E-state index contributed by atoms with van der Waals surface area (Å²) in [6, 6.07) is 7.96. The second-order valence-electron chi connectivity index (χ2n) is 6.97. The predicted octanol–water partition coefficient (Wildman–Crippen LogP) is 5.32. The van der Waals surface area contributed by atoms with Crippen LogP contribution in [0, 0.1) is 11.6 Å². The van der Waals surface area contributed by atoms with E-state index in [9.17, 15) is 23.5 Å². The summed E-state index contributed by atoms with van der Waals surface area (Å²) in [5.74, 6) is -4.44. The third-order valence-corrected chi connectivity index (χ3v) is 6.39. The van der Waals surface area contributed by atoms with Crippen molar-refractivity contribution < 1.29 is 33.0 Å². The minimum atomic E-state index is -1.18. The molecule has 0 saturated carbocycles. The van der Waals surface area contributed by atoms with E-state index in [1.807, 2.05) is 0 Å². The summed E-state index contributed by atoms with van der Waals surface area (Å²) in [6.45, 7) is 0. The summed E-state index contributed by atoms with van der Waals surface area (Å²) in [6.07, 6.45) is 0. The number of ketones is 1. The van der Waals surface area contributed by atoms with Crippen LogP contribution in [0.25, 0.3) is 5.76 Å². The molecule has 0 radical (unpaired) electrons. The van der Waals surface area contributed by atoms with E-state index in [-0.39, 0.29) is 33.3 Å². The number of halogens is 3. The van der Waals surface area contributed by atoms with Crippen LogP contribution in [-0.4, -0.2) is 31.0 Å². The summed E-state index contributed by atoms with van der Waals surface area (Å²) < 4.78 is 38.0. The van der Waals surface area contributed by atoms with Crippen molar-refractivity contribution in [3.8, 4) is 11.5 Å². The van der Waals surface area contributed by atoms with Crippen LogP contribution in [0.5, 0.6) is 11.5 Å². The maximum atomic E-state index is 14.0. The first-order valence-electron chi connectivity index (χ1n) is 9.49. The fourth-order valence-electron chi connectivity index (χ4n) is 3.64. The first-order chi connectivity index (χ1) is 15.8. The standard InChI is InChI=1S/C23H16ClF2NO5S/c1-31-16-10-13(24)17(32-2)9-12(16)21(28)19-20(18-4-3-7-33-18)27(23(30)22(19)29)11-5-6-14(25)15(26)8-11/h3-10,20,28H,1-2H3/b21-19+. The smallest absolute Gasteiger partial charge is 0.300 e. The molecule has 1 aliphatic heterocycles. The number of hydrogen-bond donors (Lipinski definition) is 1. The first kappa shape index (κ1) is 22.8.